The normalized spacial score (nSPS) is 21.5. The smallest absolute Gasteiger partial charge is 0.204 e. The summed E-state index contributed by atoms with van der Waals surface area (Å²) in [5.41, 5.74) is 1.58. The Morgan fingerprint density at radius 1 is 0.694 bits per heavy atom. The summed E-state index contributed by atoms with van der Waals surface area (Å²) < 4.78 is 50.0. The Morgan fingerprint density at radius 3 is 1.58 bits per heavy atom. The lowest BCUT2D eigenvalue weighted by Gasteiger charge is -2.29. The molecule has 0 aromatic heterocycles. The molecular formula is C31H35F4P. The lowest BCUT2D eigenvalue weighted by Crippen LogP contribution is -2.38. The van der Waals surface area contributed by atoms with Gasteiger partial charge in [0.05, 0.1) is 0 Å². The van der Waals surface area contributed by atoms with Crippen LogP contribution >= 0.6 is 7.92 Å². The van der Waals surface area contributed by atoms with Gasteiger partial charge in [0.2, 0.25) is 0 Å². The molecule has 5 rings (SSSR count). The molecule has 3 unspecified atom stereocenters. The summed E-state index contributed by atoms with van der Waals surface area (Å²) in [4.78, 5) is 0. The summed E-state index contributed by atoms with van der Waals surface area (Å²) >= 11 is 0. The first kappa shape index (κ1) is 26.9. The van der Waals surface area contributed by atoms with Crippen LogP contribution in [0, 0.1) is 17.8 Å². The van der Waals surface area contributed by atoms with Crippen molar-refractivity contribution in [3.05, 3.63) is 90.5 Å². The fraction of sp³-hybridized carbons (Fsp3) is 0.419. The summed E-state index contributed by atoms with van der Waals surface area (Å²) in [7, 11) is -0.494. The van der Waals surface area contributed by atoms with E-state index < -0.39 is 26.2 Å². The van der Waals surface area contributed by atoms with Crippen LogP contribution in [0.1, 0.15) is 52.0 Å². The average molecular weight is 515 g/mol. The van der Waals surface area contributed by atoms with Gasteiger partial charge >= 0.3 is 12.3 Å². The van der Waals surface area contributed by atoms with Crippen molar-refractivity contribution in [1.82, 2.24) is 0 Å². The van der Waals surface area contributed by atoms with Gasteiger partial charge in [-0.15, -0.1) is 0 Å². The maximum absolute atomic E-state index is 13.0. The summed E-state index contributed by atoms with van der Waals surface area (Å²) in [6.45, 7) is 6.79. The van der Waals surface area contributed by atoms with E-state index in [1.165, 1.54) is 21.5 Å². The van der Waals surface area contributed by atoms with E-state index in [-0.39, 0.29) is 11.3 Å². The highest BCUT2D eigenvalue weighted by Crippen LogP contribution is 2.54. The predicted molar refractivity (Wildman–Crippen MR) is 144 cm³/mol. The fourth-order valence-electron chi connectivity index (χ4n) is 5.59. The number of alkyl halides is 4. The highest BCUT2D eigenvalue weighted by Gasteiger charge is 2.56. The standard InChI is InChI=1S/C22H23P.C9H12F4/c1-22(2,3)18-14-16-21(17-15-18)23(19-10-6-4-7-11-19)20-12-8-5-9-13-20;10-8(11)9(12,13)7-4-5-1-2-6(7)3-5/h4-17H,1-3H3;5-8H,1-4H2. The highest BCUT2D eigenvalue weighted by molar-refractivity contribution is 7.79. The minimum Gasteiger partial charge on any atom is -0.204 e. The molecule has 0 heterocycles. The van der Waals surface area contributed by atoms with Gasteiger partial charge < -0.3 is 0 Å². The van der Waals surface area contributed by atoms with Crippen molar-refractivity contribution in [2.24, 2.45) is 17.8 Å². The van der Waals surface area contributed by atoms with Crippen molar-refractivity contribution in [3.63, 3.8) is 0 Å². The zero-order valence-electron chi connectivity index (χ0n) is 21.2. The van der Waals surface area contributed by atoms with Crippen molar-refractivity contribution in [1.29, 1.82) is 0 Å². The van der Waals surface area contributed by atoms with E-state index in [1.807, 2.05) is 0 Å². The predicted octanol–water partition coefficient (Wildman–Crippen LogP) is 8.07. The molecule has 2 aliphatic rings. The van der Waals surface area contributed by atoms with Crippen LogP contribution in [-0.4, -0.2) is 12.3 Å². The molecule has 0 aliphatic heterocycles. The van der Waals surface area contributed by atoms with Gasteiger partial charge in [-0.3, -0.25) is 0 Å². The Hall–Kier alpha value is -2.19. The molecule has 0 amide bonds. The molecule has 0 nitrogen and oxygen atoms in total. The molecule has 0 radical (unpaired) electrons. The minimum absolute atomic E-state index is 0.144. The molecule has 2 aliphatic carbocycles. The van der Waals surface area contributed by atoms with E-state index in [1.54, 1.807) is 0 Å². The molecule has 3 atom stereocenters. The van der Waals surface area contributed by atoms with E-state index in [2.05, 4.69) is 106 Å². The van der Waals surface area contributed by atoms with Gasteiger partial charge in [0.25, 0.3) is 0 Å². The molecule has 2 fully saturated rings. The zero-order valence-corrected chi connectivity index (χ0v) is 22.1. The molecular weight excluding hydrogens is 479 g/mol. The van der Waals surface area contributed by atoms with Crippen molar-refractivity contribution < 1.29 is 17.6 Å². The van der Waals surface area contributed by atoms with E-state index >= 15 is 0 Å². The molecule has 3 aromatic carbocycles. The molecule has 0 N–H and O–H groups in total. The van der Waals surface area contributed by atoms with E-state index in [0.717, 1.165) is 19.3 Å². The van der Waals surface area contributed by atoms with Crippen molar-refractivity contribution in [2.45, 2.75) is 64.2 Å². The SMILES string of the molecule is CC(C)(C)c1ccc(P(c2ccccc2)c2ccccc2)cc1.FC(F)C(F)(F)C1CC2CCC1C2. The maximum Gasteiger partial charge on any atom is 0.310 e. The van der Waals surface area contributed by atoms with Crippen molar-refractivity contribution >= 4 is 23.8 Å². The second kappa shape index (κ2) is 11.1. The Morgan fingerprint density at radius 2 is 1.19 bits per heavy atom. The topological polar surface area (TPSA) is 0 Å². The second-order valence-corrected chi connectivity index (χ2v) is 13.3. The quantitative estimate of drug-likeness (QED) is 0.239. The second-order valence-electron chi connectivity index (χ2n) is 11.1. The Bertz CT molecular complexity index is 1050. The Labute approximate surface area is 213 Å². The van der Waals surface area contributed by atoms with Crippen LogP contribution in [0.5, 0.6) is 0 Å². The molecule has 5 heteroatoms. The number of halogens is 4. The van der Waals surface area contributed by atoms with Crippen LogP contribution in [0.15, 0.2) is 84.9 Å². The molecule has 2 bridgehead atoms. The summed E-state index contributed by atoms with van der Waals surface area (Å²) in [5.74, 6) is -4.65. The van der Waals surface area contributed by atoms with E-state index in [9.17, 15) is 17.6 Å². The van der Waals surface area contributed by atoms with Gasteiger partial charge in [-0.05, 0) is 65.9 Å². The largest absolute Gasteiger partial charge is 0.310 e. The molecule has 0 spiro atoms. The van der Waals surface area contributed by atoms with Crippen LogP contribution in [-0.2, 0) is 5.41 Å². The van der Waals surface area contributed by atoms with Crippen LogP contribution in [0.25, 0.3) is 0 Å². The van der Waals surface area contributed by atoms with Crippen LogP contribution in [0.3, 0.4) is 0 Å². The van der Waals surface area contributed by atoms with Gasteiger partial charge in [-0.1, -0.05) is 112 Å². The zero-order chi connectivity index (χ0) is 25.9. The first-order chi connectivity index (χ1) is 17.1. The maximum atomic E-state index is 13.0. The third kappa shape index (κ3) is 6.02. The number of hydrogen-bond acceptors (Lipinski definition) is 0. The molecule has 2 saturated carbocycles. The highest BCUT2D eigenvalue weighted by atomic mass is 31.1. The van der Waals surface area contributed by atoms with Gasteiger partial charge in [0, 0.05) is 5.92 Å². The third-order valence-electron chi connectivity index (χ3n) is 7.54. The van der Waals surface area contributed by atoms with Gasteiger partial charge in [0.1, 0.15) is 0 Å². The average Bonchev–Trinajstić information content (AvgIpc) is 3.50. The summed E-state index contributed by atoms with van der Waals surface area (Å²) in [6.07, 6.45) is -0.760. The fourth-order valence-corrected chi connectivity index (χ4v) is 7.87. The van der Waals surface area contributed by atoms with Crippen LogP contribution in [0.4, 0.5) is 17.6 Å². The Balaban J connectivity index is 0.000000197. The van der Waals surface area contributed by atoms with E-state index in [4.69, 9.17) is 0 Å². The van der Waals surface area contributed by atoms with E-state index in [0.29, 0.717) is 12.3 Å². The van der Waals surface area contributed by atoms with Crippen molar-refractivity contribution in [2.75, 3.05) is 0 Å². The summed E-state index contributed by atoms with van der Waals surface area (Å²) in [5, 5.41) is 4.21. The molecule has 36 heavy (non-hydrogen) atoms. The number of fused-ring (bicyclic) bond motifs is 2. The first-order valence-corrected chi connectivity index (χ1v) is 14.1. The van der Waals surface area contributed by atoms with Gasteiger partial charge in [-0.2, -0.15) is 8.78 Å². The van der Waals surface area contributed by atoms with Gasteiger partial charge in [-0.25, -0.2) is 8.78 Å². The lowest BCUT2D eigenvalue weighted by molar-refractivity contribution is -0.176. The third-order valence-corrected chi connectivity index (χ3v) is 9.99. The molecule has 192 valence electrons. The minimum atomic E-state index is -3.75. The van der Waals surface area contributed by atoms with Crippen LogP contribution < -0.4 is 15.9 Å². The van der Waals surface area contributed by atoms with Crippen molar-refractivity contribution in [3.8, 4) is 0 Å². The molecule has 0 saturated heterocycles. The Kier molecular flexibility index (Phi) is 8.25. The van der Waals surface area contributed by atoms with Gasteiger partial charge in [0.15, 0.2) is 0 Å². The summed E-state index contributed by atoms with van der Waals surface area (Å²) in [6, 6.07) is 30.9. The first-order valence-electron chi connectivity index (χ1n) is 12.7. The van der Waals surface area contributed by atoms with Crippen LogP contribution in [0.2, 0.25) is 0 Å². The number of rotatable bonds is 5. The molecule has 3 aromatic rings. The number of benzene rings is 3. The lowest BCUT2D eigenvalue weighted by atomic mass is 9.84. The number of hydrogen-bond donors (Lipinski definition) is 0. The monoisotopic (exact) mass is 514 g/mol.